The van der Waals surface area contributed by atoms with Crippen LogP contribution in [0.5, 0.6) is 0 Å². The van der Waals surface area contributed by atoms with Crippen molar-refractivity contribution in [3.63, 3.8) is 0 Å². The van der Waals surface area contributed by atoms with Gasteiger partial charge in [0.15, 0.2) is 0 Å². The maximum Gasteiger partial charge on any atom is 0.285 e. The molecule has 0 saturated carbocycles. The van der Waals surface area contributed by atoms with Crippen LogP contribution in [0.1, 0.15) is 13.3 Å². The smallest absolute Gasteiger partial charge is 0.285 e. The van der Waals surface area contributed by atoms with Gasteiger partial charge in [-0.1, -0.05) is 0 Å². The first-order chi connectivity index (χ1) is 4.84. The molecule has 0 aromatic rings. The van der Waals surface area contributed by atoms with Gasteiger partial charge in [0.05, 0.1) is 6.61 Å². The summed E-state index contributed by atoms with van der Waals surface area (Å²) in [6.45, 7) is 3.38. The third-order valence-corrected chi connectivity index (χ3v) is 4.13. The largest absolute Gasteiger partial charge is 0.469 e. The number of nitrogens with one attached hydrogen (secondary N) is 1. The summed E-state index contributed by atoms with van der Waals surface area (Å²) in [4.78, 5) is 14.2. The molecule has 0 unspecified atom stereocenters. The van der Waals surface area contributed by atoms with Crippen LogP contribution in [0.15, 0.2) is 0 Å². The molecule has 1 heterocycles. The number of carbonyl (C=O) groups is 1. The average molecular weight is 159 g/mol. The molecule has 1 aliphatic heterocycles. The lowest BCUT2D eigenvalue weighted by atomic mass is 10.5. The molecule has 0 aromatic heterocycles. The number of carbonyl (C=O) groups excluding carboxylic acids is 1. The van der Waals surface area contributed by atoms with Crippen molar-refractivity contribution in [2.75, 3.05) is 13.2 Å². The Morgan fingerprint density at radius 3 is 3.10 bits per heavy atom. The van der Waals surface area contributed by atoms with Crippen LogP contribution in [0.3, 0.4) is 0 Å². The van der Waals surface area contributed by atoms with Crippen molar-refractivity contribution in [3.8, 4) is 0 Å². The summed E-state index contributed by atoms with van der Waals surface area (Å²) < 4.78 is 4.89. The molecule has 0 aromatic carbocycles. The first-order valence-electron chi connectivity index (χ1n) is 3.74. The number of ether oxygens (including phenoxy) is 1. The van der Waals surface area contributed by atoms with Crippen LogP contribution in [0.4, 0.5) is 4.79 Å². The molecular weight excluding hydrogens is 146 g/mol. The summed E-state index contributed by atoms with van der Waals surface area (Å²) in [7, 11) is -1.30. The Bertz CT molecular complexity index is 123. The van der Waals surface area contributed by atoms with Crippen LogP contribution in [0.25, 0.3) is 0 Å². The summed E-state index contributed by atoms with van der Waals surface area (Å²) >= 11 is 0. The lowest BCUT2D eigenvalue weighted by molar-refractivity contribution is 0.177. The summed E-state index contributed by atoms with van der Waals surface area (Å²) in [5.74, 6) is 0. The predicted octanol–water partition coefficient (Wildman–Crippen LogP) is 0.442. The van der Waals surface area contributed by atoms with Crippen molar-refractivity contribution in [1.82, 2.24) is 4.98 Å². The van der Waals surface area contributed by atoms with Crippen LogP contribution >= 0.6 is 0 Å². The standard InChI is InChI=1S/C6H13NO2Si/c1-2-9-6(8)10-5-3-4-7-10/h7,10H,2-5H2,1H3/t10-/m0/s1. The van der Waals surface area contributed by atoms with E-state index < -0.39 is 8.96 Å². The first-order valence-corrected chi connectivity index (χ1v) is 5.71. The minimum Gasteiger partial charge on any atom is -0.469 e. The van der Waals surface area contributed by atoms with E-state index in [9.17, 15) is 4.79 Å². The molecule has 1 saturated heterocycles. The Labute approximate surface area is 62.4 Å². The fourth-order valence-corrected chi connectivity index (χ4v) is 3.27. The van der Waals surface area contributed by atoms with Crippen molar-refractivity contribution in [3.05, 3.63) is 0 Å². The molecule has 0 aliphatic carbocycles. The van der Waals surface area contributed by atoms with Crippen molar-refractivity contribution in [2.24, 2.45) is 0 Å². The van der Waals surface area contributed by atoms with Gasteiger partial charge in [-0.3, -0.25) is 4.79 Å². The normalized spacial score (nSPS) is 24.7. The Morgan fingerprint density at radius 2 is 2.60 bits per heavy atom. The molecule has 58 valence electrons. The fourth-order valence-electron chi connectivity index (χ4n) is 1.13. The molecular formula is C6H13NO2Si. The zero-order valence-corrected chi connectivity index (χ0v) is 7.38. The summed E-state index contributed by atoms with van der Waals surface area (Å²) in [5.41, 5.74) is 0.0417. The van der Waals surface area contributed by atoms with Gasteiger partial charge in [-0.05, 0) is 25.9 Å². The van der Waals surface area contributed by atoms with Crippen LogP contribution < -0.4 is 4.98 Å². The SMILES string of the molecule is CCOC(=O)[Si@@H]1CCCN1. The van der Waals surface area contributed by atoms with Crippen molar-refractivity contribution < 1.29 is 9.53 Å². The Morgan fingerprint density at radius 1 is 1.80 bits per heavy atom. The van der Waals surface area contributed by atoms with E-state index >= 15 is 0 Å². The second-order valence-corrected chi connectivity index (χ2v) is 4.96. The van der Waals surface area contributed by atoms with Crippen molar-refractivity contribution >= 4 is 14.6 Å². The van der Waals surface area contributed by atoms with Gasteiger partial charge in [0.25, 0.3) is 5.59 Å². The van der Waals surface area contributed by atoms with E-state index in [4.69, 9.17) is 4.74 Å². The maximum absolute atomic E-state index is 11.0. The van der Waals surface area contributed by atoms with E-state index in [0.29, 0.717) is 6.61 Å². The van der Waals surface area contributed by atoms with Crippen molar-refractivity contribution in [2.45, 2.75) is 19.4 Å². The molecule has 3 nitrogen and oxygen atoms in total. The molecule has 1 aliphatic rings. The number of hydrogen-bond donors (Lipinski definition) is 1. The maximum atomic E-state index is 11.0. The van der Waals surface area contributed by atoms with E-state index in [1.54, 1.807) is 0 Å². The second kappa shape index (κ2) is 3.73. The first kappa shape index (κ1) is 7.75. The lowest BCUT2D eigenvalue weighted by Crippen LogP contribution is -2.36. The highest BCUT2D eigenvalue weighted by atomic mass is 28.3. The monoisotopic (exact) mass is 159 g/mol. The highest BCUT2D eigenvalue weighted by Gasteiger charge is 2.25. The van der Waals surface area contributed by atoms with E-state index in [1.807, 2.05) is 6.92 Å². The quantitative estimate of drug-likeness (QED) is 0.594. The molecule has 1 rings (SSSR count). The summed E-state index contributed by atoms with van der Waals surface area (Å²) in [6.07, 6.45) is 1.15. The molecule has 0 radical (unpaired) electrons. The summed E-state index contributed by atoms with van der Waals surface area (Å²) in [6, 6.07) is 1.07. The average Bonchev–Trinajstić information content (AvgIpc) is 2.38. The molecule has 4 heteroatoms. The zero-order chi connectivity index (χ0) is 7.40. The van der Waals surface area contributed by atoms with E-state index in [-0.39, 0.29) is 5.59 Å². The van der Waals surface area contributed by atoms with E-state index in [2.05, 4.69) is 4.98 Å². The predicted molar refractivity (Wildman–Crippen MR) is 41.6 cm³/mol. The Hall–Kier alpha value is -0.353. The second-order valence-electron chi connectivity index (χ2n) is 2.40. The molecule has 1 N–H and O–H groups in total. The van der Waals surface area contributed by atoms with Gasteiger partial charge in [0.2, 0.25) is 8.96 Å². The number of rotatable bonds is 2. The third kappa shape index (κ3) is 1.81. The Kier molecular flexibility index (Phi) is 2.89. The Balaban J connectivity index is 2.25. The van der Waals surface area contributed by atoms with Gasteiger partial charge in [-0.25, -0.2) is 0 Å². The molecule has 0 bridgehead atoms. The fraction of sp³-hybridized carbons (Fsp3) is 0.833. The van der Waals surface area contributed by atoms with Crippen LogP contribution in [0, 0.1) is 0 Å². The molecule has 0 amide bonds. The van der Waals surface area contributed by atoms with Gasteiger partial charge in [0.1, 0.15) is 0 Å². The molecule has 0 spiro atoms. The van der Waals surface area contributed by atoms with Crippen LogP contribution in [-0.2, 0) is 4.74 Å². The van der Waals surface area contributed by atoms with Gasteiger partial charge in [-0.15, -0.1) is 0 Å². The molecule has 1 fully saturated rings. The van der Waals surface area contributed by atoms with Gasteiger partial charge < -0.3 is 9.72 Å². The zero-order valence-electron chi connectivity index (χ0n) is 6.22. The molecule has 1 atom stereocenters. The highest BCUT2D eigenvalue weighted by Crippen LogP contribution is 2.04. The van der Waals surface area contributed by atoms with E-state index in [1.165, 1.54) is 0 Å². The van der Waals surface area contributed by atoms with E-state index in [0.717, 1.165) is 19.0 Å². The van der Waals surface area contributed by atoms with Crippen molar-refractivity contribution in [1.29, 1.82) is 0 Å². The highest BCUT2D eigenvalue weighted by molar-refractivity contribution is 6.87. The lowest BCUT2D eigenvalue weighted by Gasteiger charge is -2.05. The number of hydrogen-bond acceptors (Lipinski definition) is 3. The minimum absolute atomic E-state index is 0.0417. The van der Waals surface area contributed by atoms with Gasteiger partial charge >= 0.3 is 0 Å². The van der Waals surface area contributed by atoms with Gasteiger partial charge in [-0.2, -0.15) is 0 Å². The molecule has 10 heavy (non-hydrogen) atoms. The van der Waals surface area contributed by atoms with Crippen LogP contribution in [0.2, 0.25) is 6.04 Å². The minimum atomic E-state index is -1.30. The van der Waals surface area contributed by atoms with Gasteiger partial charge in [0, 0.05) is 0 Å². The third-order valence-electron chi connectivity index (χ3n) is 1.63. The topological polar surface area (TPSA) is 38.3 Å². The van der Waals surface area contributed by atoms with Crippen LogP contribution in [-0.4, -0.2) is 27.7 Å². The summed E-state index contributed by atoms with van der Waals surface area (Å²) in [5, 5.41) is 0.